The minimum absolute atomic E-state index is 0.522. The van der Waals surface area contributed by atoms with Crippen molar-refractivity contribution in [2.24, 2.45) is 0 Å². The standard InChI is InChI=1S/C11H21N5/c1-3-13-11-15-14-10(16(11)4-2)9-6-5-7-12-8-9/h9,12H,3-8H2,1-2H3,(H,13,15)/t9-/m1/s1. The highest BCUT2D eigenvalue weighted by molar-refractivity contribution is 5.26. The van der Waals surface area contributed by atoms with Gasteiger partial charge in [-0.15, -0.1) is 10.2 Å². The minimum atomic E-state index is 0.522. The molecule has 5 heteroatoms. The van der Waals surface area contributed by atoms with Gasteiger partial charge in [0.25, 0.3) is 0 Å². The average molecular weight is 223 g/mol. The summed E-state index contributed by atoms with van der Waals surface area (Å²) in [6.07, 6.45) is 2.45. The van der Waals surface area contributed by atoms with E-state index in [0.29, 0.717) is 5.92 Å². The van der Waals surface area contributed by atoms with Gasteiger partial charge in [-0.25, -0.2) is 0 Å². The van der Waals surface area contributed by atoms with E-state index in [4.69, 9.17) is 0 Å². The van der Waals surface area contributed by atoms with Gasteiger partial charge in [0.05, 0.1) is 0 Å². The summed E-state index contributed by atoms with van der Waals surface area (Å²) in [7, 11) is 0. The zero-order valence-electron chi connectivity index (χ0n) is 10.2. The van der Waals surface area contributed by atoms with Crippen molar-refractivity contribution in [3.8, 4) is 0 Å². The van der Waals surface area contributed by atoms with E-state index < -0.39 is 0 Å². The summed E-state index contributed by atoms with van der Waals surface area (Å²) in [4.78, 5) is 0. The lowest BCUT2D eigenvalue weighted by Crippen LogP contribution is -2.30. The summed E-state index contributed by atoms with van der Waals surface area (Å²) in [5.74, 6) is 2.56. The van der Waals surface area contributed by atoms with Crippen LogP contribution in [0.15, 0.2) is 0 Å². The lowest BCUT2D eigenvalue weighted by atomic mass is 9.99. The minimum Gasteiger partial charge on any atom is -0.355 e. The summed E-state index contributed by atoms with van der Waals surface area (Å²) in [6.45, 7) is 8.21. The molecule has 0 aliphatic carbocycles. The van der Waals surface area contributed by atoms with E-state index in [1.54, 1.807) is 0 Å². The van der Waals surface area contributed by atoms with Crippen molar-refractivity contribution in [2.75, 3.05) is 25.0 Å². The fourth-order valence-electron chi connectivity index (χ4n) is 2.29. The smallest absolute Gasteiger partial charge is 0.224 e. The molecular weight excluding hydrogens is 202 g/mol. The van der Waals surface area contributed by atoms with E-state index in [0.717, 1.165) is 38.0 Å². The van der Waals surface area contributed by atoms with Crippen molar-refractivity contribution in [1.29, 1.82) is 0 Å². The van der Waals surface area contributed by atoms with Gasteiger partial charge < -0.3 is 10.6 Å². The average Bonchev–Trinajstić information content (AvgIpc) is 2.73. The van der Waals surface area contributed by atoms with E-state index in [1.165, 1.54) is 12.8 Å². The predicted molar refractivity (Wildman–Crippen MR) is 64.7 cm³/mol. The topological polar surface area (TPSA) is 54.8 Å². The molecule has 1 aliphatic rings. The fraction of sp³-hybridized carbons (Fsp3) is 0.818. The summed E-state index contributed by atoms with van der Waals surface area (Å²) in [5, 5.41) is 15.2. The number of nitrogens with one attached hydrogen (secondary N) is 2. The van der Waals surface area contributed by atoms with Gasteiger partial charge in [0.15, 0.2) is 0 Å². The molecule has 90 valence electrons. The Kier molecular flexibility index (Phi) is 3.77. The van der Waals surface area contributed by atoms with Gasteiger partial charge in [0, 0.05) is 25.6 Å². The number of piperidine rings is 1. The van der Waals surface area contributed by atoms with Crippen LogP contribution in [0.25, 0.3) is 0 Å². The van der Waals surface area contributed by atoms with Gasteiger partial charge in [-0.3, -0.25) is 4.57 Å². The second-order valence-corrected chi connectivity index (χ2v) is 4.20. The third kappa shape index (κ3) is 2.19. The first-order chi connectivity index (χ1) is 7.86. The molecule has 16 heavy (non-hydrogen) atoms. The van der Waals surface area contributed by atoms with Crippen LogP contribution in [0.4, 0.5) is 5.95 Å². The zero-order valence-corrected chi connectivity index (χ0v) is 10.2. The van der Waals surface area contributed by atoms with Gasteiger partial charge in [0.2, 0.25) is 5.95 Å². The van der Waals surface area contributed by atoms with E-state index in [2.05, 4.69) is 39.2 Å². The van der Waals surface area contributed by atoms with Crippen LogP contribution >= 0.6 is 0 Å². The van der Waals surface area contributed by atoms with Crippen LogP contribution in [0.2, 0.25) is 0 Å². The first-order valence-corrected chi connectivity index (χ1v) is 6.24. The lowest BCUT2D eigenvalue weighted by molar-refractivity contribution is 0.434. The lowest BCUT2D eigenvalue weighted by Gasteiger charge is -2.22. The third-order valence-corrected chi connectivity index (χ3v) is 3.09. The Morgan fingerprint density at radius 2 is 2.31 bits per heavy atom. The summed E-state index contributed by atoms with van der Waals surface area (Å²) < 4.78 is 2.20. The molecule has 2 rings (SSSR count). The molecule has 0 amide bonds. The monoisotopic (exact) mass is 223 g/mol. The molecule has 1 aromatic rings. The molecule has 1 aromatic heterocycles. The Bertz CT molecular complexity index is 327. The van der Waals surface area contributed by atoms with Crippen molar-refractivity contribution >= 4 is 5.95 Å². The second-order valence-electron chi connectivity index (χ2n) is 4.20. The van der Waals surface area contributed by atoms with Crippen molar-refractivity contribution in [3.05, 3.63) is 5.82 Å². The maximum absolute atomic E-state index is 4.34. The molecule has 0 unspecified atom stereocenters. The van der Waals surface area contributed by atoms with Gasteiger partial charge in [-0.1, -0.05) is 0 Å². The van der Waals surface area contributed by atoms with E-state index >= 15 is 0 Å². The van der Waals surface area contributed by atoms with E-state index in [-0.39, 0.29) is 0 Å². The van der Waals surface area contributed by atoms with Crippen LogP contribution in [0.5, 0.6) is 0 Å². The number of aromatic nitrogens is 3. The molecule has 0 spiro atoms. The molecule has 0 bridgehead atoms. The Morgan fingerprint density at radius 3 is 2.94 bits per heavy atom. The largest absolute Gasteiger partial charge is 0.355 e. The molecule has 2 heterocycles. The van der Waals surface area contributed by atoms with Crippen LogP contribution in [0.1, 0.15) is 38.4 Å². The molecule has 1 fully saturated rings. The van der Waals surface area contributed by atoms with Gasteiger partial charge in [-0.2, -0.15) is 0 Å². The zero-order chi connectivity index (χ0) is 11.4. The first-order valence-electron chi connectivity index (χ1n) is 6.24. The molecular formula is C11H21N5. The highest BCUT2D eigenvalue weighted by Crippen LogP contribution is 2.23. The highest BCUT2D eigenvalue weighted by Gasteiger charge is 2.22. The molecule has 5 nitrogen and oxygen atoms in total. The van der Waals surface area contributed by atoms with Crippen LogP contribution in [0, 0.1) is 0 Å². The molecule has 0 saturated carbocycles. The number of anilines is 1. The van der Waals surface area contributed by atoms with Crippen LogP contribution < -0.4 is 10.6 Å². The van der Waals surface area contributed by atoms with E-state index in [1.807, 2.05) is 0 Å². The van der Waals surface area contributed by atoms with Crippen molar-refractivity contribution in [2.45, 2.75) is 39.2 Å². The Morgan fingerprint density at radius 1 is 1.44 bits per heavy atom. The quantitative estimate of drug-likeness (QED) is 0.805. The molecule has 1 aliphatic heterocycles. The van der Waals surface area contributed by atoms with Crippen LogP contribution in [-0.2, 0) is 6.54 Å². The van der Waals surface area contributed by atoms with E-state index in [9.17, 15) is 0 Å². The number of rotatable bonds is 4. The van der Waals surface area contributed by atoms with Gasteiger partial charge in [-0.05, 0) is 33.2 Å². The summed E-state index contributed by atoms with van der Waals surface area (Å²) in [6, 6.07) is 0. The Labute approximate surface area is 96.6 Å². The summed E-state index contributed by atoms with van der Waals surface area (Å²) in [5.41, 5.74) is 0. The Balaban J connectivity index is 2.18. The number of hydrogen-bond acceptors (Lipinski definition) is 4. The number of nitrogens with zero attached hydrogens (tertiary/aromatic N) is 3. The fourth-order valence-corrected chi connectivity index (χ4v) is 2.29. The third-order valence-electron chi connectivity index (χ3n) is 3.09. The van der Waals surface area contributed by atoms with Crippen molar-refractivity contribution in [1.82, 2.24) is 20.1 Å². The number of hydrogen-bond donors (Lipinski definition) is 2. The SMILES string of the molecule is CCNc1nnc([C@@H]2CCCNC2)n1CC. The van der Waals surface area contributed by atoms with Gasteiger partial charge in [0.1, 0.15) is 5.82 Å². The van der Waals surface area contributed by atoms with Gasteiger partial charge >= 0.3 is 0 Å². The molecule has 1 saturated heterocycles. The van der Waals surface area contributed by atoms with Crippen LogP contribution in [-0.4, -0.2) is 34.4 Å². The molecule has 0 aromatic carbocycles. The highest BCUT2D eigenvalue weighted by atomic mass is 15.4. The molecule has 1 atom stereocenters. The normalized spacial score (nSPS) is 21.0. The maximum atomic E-state index is 4.34. The Hall–Kier alpha value is -1.10. The maximum Gasteiger partial charge on any atom is 0.224 e. The van der Waals surface area contributed by atoms with Crippen molar-refractivity contribution in [3.63, 3.8) is 0 Å². The summed E-state index contributed by atoms with van der Waals surface area (Å²) >= 11 is 0. The molecule has 0 radical (unpaired) electrons. The van der Waals surface area contributed by atoms with Crippen LogP contribution in [0.3, 0.4) is 0 Å². The molecule has 2 N–H and O–H groups in total. The van der Waals surface area contributed by atoms with Crippen molar-refractivity contribution < 1.29 is 0 Å². The second kappa shape index (κ2) is 5.30. The predicted octanol–water partition coefficient (Wildman–Crippen LogP) is 1.20. The first kappa shape index (κ1) is 11.4.